The number of carbonyl (C=O) groups excluding carboxylic acids is 1. The average Bonchev–Trinajstić information content (AvgIpc) is 2.61. The van der Waals surface area contributed by atoms with Gasteiger partial charge >= 0.3 is 0 Å². The van der Waals surface area contributed by atoms with Crippen molar-refractivity contribution in [1.82, 2.24) is 5.32 Å². The van der Waals surface area contributed by atoms with Gasteiger partial charge in [-0.1, -0.05) is 39.0 Å². The van der Waals surface area contributed by atoms with E-state index in [1.165, 1.54) is 5.56 Å². The lowest BCUT2D eigenvalue weighted by Crippen LogP contribution is -2.27. The number of nitrogens with one attached hydrogen (secondary N) is 2. The number of anilines is 1. The smallest absolute Gasteiger partial charge is 0.238 e. The number of carbonyl (C=O) groups is 1. The van der Waals surface area contributed by atoms with E-state index in [0.29, 0.717) is 18.0 Å². The van der Waals surface area contributed by atoms with Gasteiger partial charge in [-0.3, -0.25) is 4.79 Å². The van der Waals surface area contributed by atoms with Gasteiger partial charge in [0.1, 0.15) is 0 Å². The molecule has 1 amide bonds. The number of rotatable bonds is 7. The SMILES string of the molecule is COc1ccc(CNCC(=O)Nc2ccc(C(C)(C)C)cc2)cc1OC. The molecule has 0 radical (unpaired) electrons. The Morgan fingerprint density at radius 2 is 1.62 bits per heavy atom. The fraction of sp³-hybridized carbons (Fsp3) is 0.381. The minimum Gasteiger partial charge on any atom is -0.493 e. The highest BCUT2D eigenvalue weighted by Crippen LogP contribution is 2.27. The molecule has 0 bridgehead atoms. The molecule has 0 aromatic heterocycles. The first-order valence-electron chi connectivity index (χ1n) is 8.65. The van der Waals surface area contributed by atoms with Crippen LogP contribution in [0.5, 0.6) is 11.5 Å². The first-order valence-corrected chi connectivity index (χ1v) is 8.65. The van der Waals surface area contributed by atoms with Gasteiger partial charge in [-0.25, -0.2) is 0 Å². The van der Waals surface area contributed by atoms with Gasteiger partial charge in [0, 0.05) is 12.2 Å². The number of methoxy groups -OCH3 is 2. The second kappa shape index (κ2) is 8.72. The van der Waals surface area contributed by atoms with Crippen LogP contribution in [0.25, 0.3) is 0 Å². The largest absolute Gasteiger partial charge is 0.493 e. The molecule has 0 heterocycles. The molecule has 5 nitrogen and oxygen atoms in total. The van der Waals surface area contributed by atoms with E-state index in [2.05, 4.69) is 31.4 Å². The summed E-state index contributed by atoms with van der Waals surface area (Å²) < 4.78 is 10.5. The van der Waals surface area contributed by atoms with E-state index in [9.17, 15) is 4.79 Å². The molecule has 0 fully saturated rings. The molecular weight excluding hydrogens is 328 g/mol. The van der Waals surface area contributed by atoms with Gasteiger partial charge < -0.3 is 20.1 Å². The molecule has 2 rings (SSSR count). The maximum absolute atomic E-state index is 12.1. The standard InChI is InChI=1S/C21H28N2O3/c1-21(2,3)16-7-9-17(10-8-16)23-20(24)14-22-13-15-6-11-18(25-4)19(12-15)26-5/h6-12,22H,13-14H2,1-5H3,(H,23,24). The van der Waals surface area contributed by atoms with Crippen LogP contribution in [0.2, 0.25) is 0 Å². The molecule has 0 unspecified atom stereocenters. The Balaban J connectivity index is 1.84. The number of hydrogen-bond donors (Lipinski definition) is 2. The first kappa shape index (κ1) is 19.8. The molecule has 140 valence electrons. The summed E-state index contributed by atoms with van der Waals surface area (Å²) in [6.45, 7) is 7.29. The highest BCUT2D eigenvalue weighted by atomic mass is 16.5. The van der Waals surface area contributed by atoms with Crippen molar-refractivity contribution >= 4 is 11.6 Å². The zero-order valence-corrected chi connectivity index (χ0v) is 16.2. The number of ether oxygens (including phenoxy) is 2. The third-order valence-corrected chi connectivity index (χ3v) is 4.10. The molecule has 5 heteroatoms. The summed E-state index contributed by atoms with van der Waals surface area (Å²) in [6.07, 6.45) is 0. The second-order valence-corrected chi connectivity index (χ2v) is 7.17. The van der Waals surface area contributed by atoms with Gasteiger partial charge in [0.25, 0.3) is 0 Å². The van der Waals surface area contributed by atoms with E-state index in [-0.39, 0.29) is 17.9 Å². The quantitative estimate of drug-likeness (QED) is 0.794. The first-order chi connectivity index (χ1) is 12.3. The van der Waals surface area contributed by atoms with Crippen LogP contribution < -0.4 is 20.1 Å². The minimum atomic E-state index is -0.0750. The summed E-state index contributed by atoms with van der Waals surface area (Å²) in [5.74, 6) is 1.29. The molecule has 2 aromatic carbocycles. The molecule has 26 heavy (non-hydrogen) atoms. The maximum Gasteiger partial charge on any atom is 0.238 e. The lowest BCUT2D eigenvalue weighted by molar-refractivity contribution is -0.115. The Morgan fingerprint density at radius 1 is 0.962 bits per heavy atom. The zero-order valence-electron chi connectivity index (χ0n) is 16.2. The van der Waals surface area contributed by atoms with Crippen LogP contribution in [0, 0.1) is 0 Å². The Morgan fingerprint density at radius 3 is 2.19 bits per heavy atom. The van der Waals surface area contributed by atoms with Crippen molar-refractivity contribution in [2.24, 2.45) is 0 Å². The number of hydrogen-bond acceptors (Lipinski definition) is 4. The Kier molecular flexibility index (Phi) is 6.64. The van der Waals surface area contributed by atoms with Gasteiger partial charge in [-0.05, 0) is 40.8 Å². The molecule has 0 atom stereocenters. The van der Waals surface area contributed by atoms with Crippen LogP contribution in [-0.2, 0) is 16.8 Å². The van der Waals surface area contributed by atoms with Gasteiger partial charge in [-0.15, -0.1) is 0 Å². The Hall–Kier alpha value is -2.53. The second-order valence-electron chi connectivity index (χ2n) is 7.17. The Bertz CT molecular complexity index is 734. The highest BCUT2D eigenvalue weighted by molar-refractivity contribution is 5.92. The zero-order chi connectivity index (χ0) is 19.2. The topological polar surface area (TPSA) is 59.6 Å². The number of amides is 1. The van der Waals surface area contributed by atoms with Crippen LogP contribution in [0.3, 0.4) is 0 Å². The van der Waals surface area contributed by atoms with Crippen LogP contribution in [-0.4, -0.2) is 26.7 Å². The molecule has 0 aliphatic rings. The van der Waals surface area contributed by atoms with Crippen LogP contribution in [0.4, 0.5) is 5.69 Å². The van der Waals surface area contributed by atoms with Crippen molar-refractivity contribution in [3.8, 4) is 11.5 Å². The van der Waals surface area contributed by atoms with Crippen molar-refractivity contribution in [3.05, 3.63) is 53.6 Å². The molecule has 2 aromatic rings. The number of benzene rings is 2. The average molecular weight is 356 g/mol. The molecule has 0 spiro atoms. The van der Waals surface area contributed by atoms with E-state index in [1.54, 1.807) is 14.2 Å². The van der Waals surface area contributed by atoms with Gasteiger partial charge in [0.2, 0.25) is 5.91 Å². The van der Waals surface area contributed by atoms with Crippen LogP contribution >= 0.6 is 0 Å². The van der Waals surface area contributed by atoms with Gasteiger partial charge in [-0.2, -0.15) is 0 Å². The lowest BCUT2D eigenvalue weighted by atomic mass is 9.87. The molecule has 0 aliphatic carbocycles. The summed E-state index contributed by atoms with van der Waals surface area (Å²) in [5.41, 5.74) is 3.16. The van der Waals surface area contributed by atoms with Crippen molar-refractivity contribution < 1.29 is 14.3 Å². The maximum atomic E-state index is 12.1. The van der Waals surface area contributed by atoms with E-state index >= 15 is 0 Å². The normalized spacial score (nSPS) is 11.1. The van der Waals surface area contributed by atoms with E-state index in [0.717, 1.165) is 11.3 Å². The van der Waals surface area contributed by atoms with E-state index in [4.69, 9.17) is 9.47 Å². The van der Waals surface area contributed by atoms with Crippen molar-refractivity contribution in [3.63, 3.8) is 0 Å². The minimum absolute atomic E-state index is 0.0750. The summed E-state index contributed by atoms with van der Waals surface area (Å²) >= 11 is 0. The molecule has 0 saturated heterocycles. The molecule has 0 aliphatic heterocycles. The fourth-order valence-electron chi connectivity index (χ4n) is 2.57. The van der Waals surface area contributed by atoms with Gasteiger partial charge in [0.15, 0.2) is 11.5 Å². The van der Waals surface area contributed by atoms with E-state index < -0.39 is 0 Å². The fourth-order valence-corrected chi connectivity index (χ4v) is 2.57. The summed E-state index contributed by atoms with van der Waals surface area (Å²) in [7, 11) is 3.21. The molecule has 2 N–H and O–H groups in total. The molecule has 0 saturated carbocycles. The Labute approximate surface area is 155 Å². The van der Waals surface area contributed by atoms with Gasteiger partial charge in [0.05, 0.1) is 20.8 Å². The van der Waals surface area contributed by atoms with Crippen molar-refractivity contribution in [2.45, 2.75) is 32.7 Å². The van der Waals surface area contributed by atoms with Crippen LogP contribution in [0.15, 0.2) is 42.5 Å². The summed E-state index contributed by atoms with van der Waals surface area (Å²) in [5, 5.41) is 6.04. The lowest BCUT2D eigenvalue weighted by Gasteiger charge is -2.19. The third kappa shape index (κ3) is 5.49. The predicted molar refractivity (Wildman–Crippen MR) is 105 cm³/mol. The predicted octanol–water partition coefficient (Wildman–Crippen LogP) is 3.73. The molecular formula is C21H28N2O3. The van der Waals surface area contributed by atoms with Crippen molar-refractivity contribution in [1.29, 1.82) is 0 Å². The monoisotopic (exact) mass is 356 g/mol. The highest BCUT2D eigenvalue weighted by Gasteiger charge is 2.13. The third-order valence-electron chi connectivity index (χ3n) is 4.10. The van der Waals surface area contributed by atoms with E-state index in [1.807, 2.05) is 42.5 Å². The summed E-state index contributed by atoms with van der Waals surface area (Å²) in [4.78, 5) is 12.1. The summed E-state index contributed by atoms with van der Waals surface area (Å²) in [6, 6.07) is 13.7. The van der Waals surface area contributed by atoms with Crippen LogP contribution in [0.1, 0.15) is 31.9 Å². The van der Waals surface area contributed by atoms with Crippen molar-refractivity contribution in [2.75, 3.05) is 26.1 Å².